The van der Waals surface area contributed by atoms with Crippen LogP contribution >= 0.6 is 0 Å². The molecule has 3 saturated heterocycles. The van der Waals surface area contributed by atoms with Crippen LogP contribution in [0.4, 0.5) is 19.0 Å². The van der Waals surface area contributed by atoms with Crippen molar-refractivity contribution in [3.63, 3.8) is 0 Å². The van der Waals surface area contributed by atoms with Gasteiger partial charge in [-0.15, -0.1) is 0 Å². The van der Waals surface area contributed by atoms with Crippen LogP contribution < -0.4 is 5.32 Å². The zero-order valence-electron chi connectivity index (χ0n) is 19.3. The predicted molar refractivity (Wildman–Crippen MR) is 122 cm³/mol. The van der Waals surface area contributed by atoms with Crippen molar-refractivity contribution in [3.8, 4) is 0 Å². The highest BCUT2D eigenvalue weighted by Gasteiger charge is 2.42. The van der Waals surface area contributed by atoms with Gasteiger partial charge in [-0.1, -0.05) is 0 Å². The number of alkyl halides is 1. The molecule has 6 rings (SSSR count). The molecule has 0 unspecified atom stereocenters. The van der Waals surface area contributed by atoms with Crippen LogP contribution in [0, 0.1) is 11.6 Å². The first-order valence-electron chi connectivity index (χ1n) is 11.9. The molecule has 190 valence electrons. The second-order valence-corrected chi connectivity index (χ2v) is 9.64. The zero-order chi connectivity index (χ0) is 25.0. The minimum absolute atomic E-state index is 0.0424. The lowest BCUT2D eigenvalue weighted by molar-refractivity contribution is -0.125. The van der Waals surface area contributed by atoms with E-state index in [1.807, 2.05) is 0 Å². The number of hydrogen-bond donors (Lipinski definition) is 2. The molecule has 9 nitrogen and oxygen atoms in total. The number of fused-ring (bicyclic) bond motifs is 1. The molecule has 3 fully saturated rings. The minimum atomic E-state index is -1.39. The summed E-state index contributed by atoms with van der Waals surface area (Å²) in [5.41, 5.74) is 0.887. The summed E-state index contributed by atoms with van der Waals surface area (Å²) >= 11 is 0. The number of aromatic nitrogens is 2. The molecule has 0 bridgehead atoms. The molecule has 4 aliphatic heterocycles. The van der Waals surface area contributed by atoms with E-state index in [0.29, 0.717) is 43.4 Å². The number of nitrogens with one attached hydrogen (secondary N) is 1. The van der Waals surface area contributed by atoms with Crippen molar-refractivity contribution < 1.29 is 27.8 Å². The van der Waals surface area contributed by atoms with Gasteiger partial charge in [0.15, 0.2) is 0 Å². The lowest BCUT2D eigenvalue weighted by Crippen LogP contribution is -2.48. The van der Waals surface area contributed by atoms with Gasteiger partial charge in [-0.2, -0.15) is 0 Å². The van der Waals surface area contributed by atoms with Crippen LogP contribution in [0.3, 0.4) is 0 Å². The van der Waals surface area contributed by atoms with Crippen molar-refractivity contribution in [2.45, 2.75) is 43.4 Å². The Morgan fingerprint density at radius 1 is 1.17 bits per heavy atom. The van der Waals surface area contributed by atoms with Gasteiger partial charge in [0.25, 0.3) is 5.91 Å². The van der Waals surface area contributed by atoms with Gasteiger partial charge < -0.3 is 20.1 Å². The molecule has 1 aromatic heterocycles. The summed E-state index contributed by atoms with van der Waals surface area (Å²) < 4.78 is 48.1. The fraction of sp³-hybridized carbons (Fsp3) is 0.500. The molecule has 4 atom stereocenters. The molecular formula is C24H25F3N6O3. The summed E-state index contributed by atoms with van der Waals surface area (Å²) in [7, 11) is 0. The van der Waals surface area contributed by atoms with Crippen molar-refractivity contribution in [1.29, 1.82) is 0 Å². The molecule has 12 heteroatoms. The van der Waals surface area contributed by atoms with Gasteiger partial charge in [-0.05, 0) is 18.2 Å². The number of benzene rings is 1. The first-order valence-corrected chi connectivity index (χ1v) is 11.9. The highest BCUT2D eigenvalue weighted by Crippen LogP contribution is 2.37. The molecule has 2 N–H and O–H groups in total. The van der Waals surface area contributed by atoms with E-state index in [9.17, 15) is 23.1 Å². The average molecular weight is 502 g/mol. The third kappa shape index (κ3) is 4.02. The number of aliphatic hydroxyl groups excluding tert-OH is 1. The van der Waals surface area contributed by atoms with E-state index in [4.69, 9.17) is 4.74 Å². The van der Waals surface area contributed by atoms with Crippen molar-refractivity contribution in [2.24, 2.45) is 4.99 Å². The smallest absolute Gasteiger partial charge is 0.273 e. The maximum absolute atomic E-state index is 14.5. The molecule has 4 aliphatic rings. The van der Waals surface area contributed by atoms with E-state index in [1.165, 1.54) is 11.2 Å². The number of rotatable bonds is 5. The fourth-order valence-corrected chi connectivity index (χ4v) is 5.38. The Morgan fingerprint density at radius 2 is 2.00 bits per heavy atom. The number of carbonyl (C=O) groups excluding carboxylic acids is 1. The molecule has 0 radical (unpaired) electrons. The third-order valence-electron chi connectivity index (χ3n) is 7.36. The lowest BCUT2D eigenvalue weighted by Gasteiger charge is -2.34. The number of nitrogens with zero attached hydrogens (tertiary/aromatic N) is 5. The molecule has 0 saturated carbocycles. The van der Waals surface area contributed by atoms with Gasteiger partial charge in [0.2, 0.25) is 0 Å². The van der Waals surface area contributed by atoms with Crippen LogP contribution in [0.25, 0.3) is 0 Å². The average Bonchev–Trinajstić information content (AvgIpc) is 3.51. The second kappa shape index (κ2) is 9.09. The van der Waals surface area contributed by atoms with Gasteiger partial charge >= 0.3 is 0 Å². The molecule has 0 spiro atoms. The van der Waals surface area contributed by atoms with E-state index in [0.717, 1.165) is 18.2 Å². The predicted octanol–water partition coefficient (Wildman–Crippen LogP) is 1.23. The Balaban J connectivity index is 1.26. The number of halogens is 3. The van der Waals surface area contributed by atoms with E-state index >= 15 is 0 Å². The summed E-state index contributed by atoms with van der Waals surface area (Å²) in [6, 6.07) is 1.92. The van der Waals surface area contributed by atoms with E-state index in [-0.39, 0.29) is 42.9 Å². The van der Waals surface area contributed by atoms with Crippen LogP contribution in [0.1, 0.15) is 29.3 Å². The number of carbonyl (C=O) groups is 1. The lowest BCUT2D eigenvalue weighted by atomic mass is 10.0. The maximum Gasteiger partial charge on any atom is 0.273 e. The standard InChI is InChI=1S/C24H25F3N6O3/c25-12-1-2-16(27)15(3-12)19-4-13(26)6-33(19)24(35)22-21-17(5-28-22)29-11-30-23(21)31-18-7-32(8-20(18)34)14-9-36-10-14/h1-3,11,13-14,18-20,34H,4-10H2,(H,29,30,31)/t13-,18+,19+,20+/m0/s1. The molecule has 36 heavy (non-hydrogen) atoms. The number of hydrogen-bond acceptors (Lipinski definition) is 8. The topological polar surface area (TPSA) is 103 Å². The molecule has 1 aromatic carbocycles. The Kier molecular flexibility index (Phi) is 5.89. The summed E-state index contributed by atoms with van der Waals surface area (Å²) in [4.78, 5) is 29.9. The first-order chi connectivity index (χ1) is 17.4. The van der Waals surface area contributed by atoms with Crippen LogP contribution in [0.2, 0.25) is 0 Å². The number of anilines is 1. The normalized spacial score (nSPS) is 28.2. The third-order valence-corrected chi connectivity index (χ3v) is 7.36. The van der Waals surface area contributed by atoms with E-state index in [1.54, 1.807) is 0 Å². The van der Waals surface area contributed by atoms with Gasteiger partial charge in [-0.25, -0.2) is 23.1 Å². The molecule has 2 aromatic rings. The van der Waals surface area contributed by atoms with Gasteiger partial charge in [-0.3, -0.25) is 14.7 Å². The molecule has 0 aliphatic carbocycles. The van der Waals surface area contributed by atoms with E-state index in [2.05, 4.69) is 25.2 Å². The number of aliphatic hydroxyl groups is 1. The minimum Gasteiger partial charge on any atom is -0.390 e. The van der Waals surface area contributed by atoms with Gasteiger partial charge in [0.05, 0.1) is 61.8 Å². The Morgan fingerprint density at radius 3 is 2.78 bits per heavy atom. The first kappa shape index (κ1) is 23.3. The second-order valence-electron chi connectivity index (χ2n) is 9.64. The number of likely N-dealkylation sites (tertiary alicyclic amines) is 2. The summed E-state index contributed by atoms with van der Waals surface area (Å²) in [5.74, 6) is -1.61. The van der Waals surface area contributed by atoms with Crippen LogP contribution in [0.5, 0.6) is 0 Å². The molecular weight excluding hydrogens is 477 g/mol. The Hall–Kier alpha value is -3.09. The highest BCUT2D eigenvalue weighted by atomic mass is 19.1. The number of ether oxygens (including phenoxy) is 1. The largest absolute Gasteiger partial charge is 0.390 e. The summed E-state index contributed by atoms with van der Waals surface area (Å²) in [5, 5.41) is 13.9. The Labute approximate surface area is 205 Å². The number of aliphatic imine (C=N–C) groups is 1. The van der Waals surface area contributed by atoms with Crippen LogP contribution in [-0.4, -0.2) is 93.7 Å². The maximum atomic E-state index is 14.5. The van der Waals surface area contributed by atoms with Crippen molar-refractivity contribution in [2.75, 3.05) is 38.2 Å². The quantitative estimate of drug-likeness (QED) is 0.634. The van der Waals surface area contributed by atoms with Gasteiger partial charge in [0, 0.05) is 25.1 Å². The number of β-amino-alcohol motifs (C(OH)–C–C–N with tert-alkyl or cyclic N) is 1. The summed E-state index contributed by atoms with van der Waals surface area (Å²) in [6.07, 6.45) is -0.818. The summed E-state index contributed by atoms with van der Waals surface area (Å²) in [6.45, 7) is 2.21. The van der Waals surface area contributed by atoms with Crippen molar-refractivity contribution in [1.82, 2.24) is 19.8 Å². The van der Waals surface area contributed by atoms with Crippen LogP contribution in [0.15, 0.2) is 29.5 Å². The Bertz CT molecular complexity index is 1230. The SMILES string of the molecule is O=C(C1=NCc2ncnc(N[C@@H]3CN(C4COC4)C[C@H]3O)c21)N1C[C@@H](F)C[C@@H]1c1cc(F)ccc1F. The molecule has 5 heterocycles. The fourth-order valence-electron chi connectivity index (χ4n) is 5.38. The monoisotopic (exact) mass is 502 g/mol. The van der Waals surface area contributed by atoms with E-state index < -0.39 is 35.9 Å². The highest BCUT2D eigenvalue weighted by molar-refractivity contribution is 6.47. The van der Waals surface area contributed by atoms with Crippen LogP contribution in [-0.2, 0) is 16.1 Å². The number of amides is 1. The van der Waals surface area contributed by atoms with Crippen molar-refractivity contribution in [3.05, 3.63) is 53.0 Å². The molecule has 1 amide bonds. The van der Waals surface area contributed by atoms with Crippen molar-refractivity contribution >= 4 is 17.4 Å². The zero-order valence-corrected chi connectivity index (χ0v) is 19.3. The van der Waals surface area contributed by atoms with Gasteiger partial charge in [0.1, 0.15) is 35.7 Å².